The first-order chi connectivity index (χ1) is 21.2. The maximum atomic E-state index is 14.9. The first-order valence-electron chi connectivity index (χ1n) is 16.0. The van der Waals surface area contributed by atoms with Crippen LogP contribution in [0.2, 0.25) is 0 Å². The molecule has 1 saturated carbocycles. The molecule has 0 aromatic heterocycles. The van der Waals surface area contributed by atoms with Crippen LogP contribution >= 0.6 is 0 Å². The van der Waals surface area contributed by atoms with Gasteiger partial charge >= 0.3 is 18.0 Å². The van der Waals surface area contributed by atoms with Gasteiger partial charge in [-0.3, -0.25) is 0 Å². The van der Waals surface area contributed by atoms with Gasteiger partial charge in [0.25, 0.3) is 0 Å². The van der Waals surface area contributed by atoms with Crippen LogP contribution in [0.25, 0.3) is 6.08 Å². The fourth-order valence-corrected chi connectivity index (χ4v) is 5.52. The van der Waals surface area contributed by atoms with E-state index in [1.807, 2.05) is 0 Å². The molecule has 0 spiro atoms. The summed E-state index contributed by atoms with van der Waals surface area (Å²) >= 11 is 0. The second kappa shape index (κ2) is 18.2. The molecule has 2 aromatic carbocycles. The van der Waals surface area contributed by atoms with E-state index >= 15 is 0 Å². The molecule has 1 aliphatic carbocycles. The van der Waals surface area contributed by atoms with E-state index < -0.39 is 24.0 Å². The van der Waals surface area contributed by atoms with Gasteiger partial charge in [-0.25, -0.2) is 9.59 Å². The number of anilines is 2. The van der Waals surface area contributed by atoms with Crippen molar-refractivity contribution >= 4 is 29.4 Å². The smallest absolute Gasteiger partial charge is 0.400 e. The minimum Gasteiger partial charge on any atom is -0.463 e. The van der Waals surface area contributed by atoms with Crippen LogP contribution in [0.3, 0.4) is 0 Å². The zero-order valence-electron chi connectivity index (χ0n) is 25.9. The van der Waals surface area contributed by atoms with Crippen LogP contribution in [0.15, 0.2) is 48.5 Å². The maximum absolute atomic E-state index is 14.9. The molecule has 4 N–H and O–H groups in total. The SMILES string of the molecule is CCCCCCC1CCC(C(F)(F)Oc2ccc(/C=C/C(=O)OCCCCCCOC(=O)c3cc(N)cc(N)c3)cc2)CC1. The van der Waals surface area contributed by atoms with Crippen molar-refractivity contribution in [1.82, 2.24) is 0 Å². The molecule has 1 aliphatic rings. The average molecular weight is 615 g/mol. The van der Waals surface area contributed by atoms with Crippen molar-refractivity contribution < 1.29 is 32.6 Å². The number of hydrogen-bond donors (Lipinski definition) is 2. The molecule has 0 aliphatic heterocycles. The third kappa shape index (κ3) is 12.5. The Morgan fingerprint density at radius 1 is 0.841 bits per heavy atom. The summed E-state index contributed by atoms with van der Waals surface area (Å²) in [5.74, 6) is -1.04. The van der Waals surface area contributed by atoms with Crippen molar-refractivity contribution in [1.29, 1.82) is 0 Å². The number of alkyl halides is 2. The van der Waals surface area contributed by atoms with Gasteiger partial charge in [-0.1, -0.05) is 51.2 Å². The maximum Gasteiger partial charge on any atom is 0.400 e. The number of nitrogens with two attached hydrogens (primary N) is 2. The highest BCUT2D eigenvalue weighted by atomic mass is 19.3. The Hall–Kier alpha value is -3.62. The minimum atomic E-state index is -3.20. The molecule has 0 heterocycles. The van der Waals surface area contributed by atoms with E-state index in [1.165, 1.54) is 56.0 Å². The normalized spacial score (nSPS) is 17.0. The van der Waals surface area contributed by atoms with E-state index in [4.69, 9.17) is 25.7 Å². The largest absolute Gasteiger partial charge is 0.463 e. The topological polar surface area (TPSA) is 114 Å². The van der Waals surface area contributed by atoms with Crippen LogP contribution in [0, 0.1) is 11.8 Å². The molecule has 0 amide bonds. The van der Waals surface area contributed by atoms with Crippen molar-refractivity contribution in [2.24, 2.45) is 11.8 Å². The van der Waals surface area contributed by atoms with Crippen molar-refractivity contribution in [3.05, 3.63) is 59.7 Å². The third-order valence-electron chi connectivity index (χ3n) is 8.06. The number of rotatable bonds is 18. The van der Waals surface area contributed by atoms with Gasteiger partial charge in [0.1, 0.15) is 5.75 Å². The molecule has 0 saturated heterocycles. The van der Waals surface area contributed by atoms with Gasteiger partial charge in [0.2, 0.25) is 0 Å². The lowest BCUT2D eigenvalue weighted by molar-refractivity contribution is -0.223. The molecule has 242 valence electrons. The predicted octanol–water partition coefficient (Wildman–Crippen LogP) is 8.57. The van der Waals surface area contributed by atoms with Gasteiger partial charge in [0, 0.05) is 17.5 Å². The summed E-state index contributed by atoms with van der Waals surface area (Å²) in [6, 6.07) is 10.9. The van der Waals surface area contributed by atoms with Crippen molar-refractivity contribution in [3.8, 4) is 5.75 Å². The average Bonchev–Trinajstić information content (AvgIpc) is 2.99. The third-order valence-corrected chi connectivity index (χ3v) is 8.06. The van der Waals surface area contributed by atoms with Crippen LogP contribution < -0.4 is 16.2 Å². The van der Waals surface area contributed by atoms with Gasteiger partial charge in [-0.15, -0.1) is 0 Å². The van der Waals surface area contributed by atoms with Crippen LogP contribution in [0.5, 0.6) is 5.75 Å². The van der Waals surface area contributed by atoms with E-state index in [0.717, 1.165) is 32.1 Å². The zero-order valence-corrected chi connectivity index (χ0v) is 25.9. The number of nitrogen functional groups attached to an aromatic ring is 2. The number of ether oxygens (including phenoxy) is 3. The molecule has 9 heteroatoms. The van der Waals surface area contributed by atoms with Crippen LogP contribution in [0.4, 0.5) is 20.2 Å². The summed E-state index contributed by atoms with van der Waals surface area (Å²) in [7, 11) is 0. The molecule has 3 rings (SSSR count). The lowest BCUT2D eigenvalue weighted by atomic mass is 9.79. The summed E-state index contributed by atoms with van der Waals surface area (Å²) in [4.78, 5) is 24.1. The van der Waals surface area contributed by atoms with Crippen molar-refractivity contribution in [2.45, 2.75) is 96.5 Å². The Kier molecular flexibility index (Phi) is 14.5. The molecule has 0 unspecified atom stereocenters. The Balaban J connectivity index is 1.26. The minimum absolute atomic E-state index is 0.112. The fourth-order valence-electron chi connectivity index (χ4n) is 5.52. The number of halogens is 2. The first kappa shape index (κ1) is 34.9. The molecular formula is C35H48F2N2O5. The van der Waals surface area contributed by atoms with Crippen LogP contribution in [-0.4, -0.2) is 31.3 Å². The predicted molar refractivity (Wildman–Crippen MR) is 170 cm³/mol. The zero-order chi connectivity index (χ0) is 31.8. The molecule has 0 bridgehead atoms. The second-order valence-electron chi connectivity index (χ2n) is 11.7. The van der Waals surface area contributed by atoms with Gasteiger partial charge in [0.15, 0.2) is 0 Å². The number of esters is 2. The molecule has 44 heavy (non-hydrogen) atoms. The van der Waals surface area contributed by atoms with E-state index in [-0.39, 0.29) is 19.0 Å². The Morgan fingerprint density at radius 2 is 1.45 bits per heavy atom. The summed E-state index contributed by atoms with van der Waals surface area (Å²) in [5, 5.41) is 0. The number of hydrogen-bond acceptors (Lipinski definition) is 7. The molecule has 7 nitrogen and oxygen atoms in total. The monoisotopic (exact) mass is 614 g/mol. The highest BCUT2D eigenvalue weighted by Gasteiger charge is 2.43. The lowest BCUT2D eigenvalue weighted by Crippen LogP contribution is -2.37. The molecule has 2 aromatic rings. The summed E-state index contributed by atoms with van der Waals surface area (Å²) in [6.07, 6.45) is 11.4. The van der Waals surface area contributed by atoms with Gasteiger partial charge in [-0.2, -0.15) is 8.78 Å². The number of benzene rings is 2. The Morgan fingerprint density at radius 3 is 2.09 bits per heavy atom. The molecule has 0 atom stereocenters. The van der Waals surface area contributed by atoms with E-state index in [1.54, 1.807) is 24.3 Å². The lowest BCUT2D eigenvalue weighted by Gasteiger charge is -2.33. The molecule has 0 radical (unpaired) electrons. The Labute approximate surface area is 260 Å². The van der Waals surface area contributed by atoms with Gasteiger partial charge < -0.3 is 25.7 Å². The van der Waals surface area contributed by atoms with Gasteiger partial charge in [-0.05, 0) is 99.3 Å². The van der Waals surface area contributed by atoms with E-state index in [0.29, 0.717) is 54.1 Å². The summed E-state index contributed by atoms with van der Waals surface area (Å²) in [5.41, 5.74) is 13.2. The fraction of sp³-hybridized carbons (Fsp3) is 0.543. The highest BCUT2D eigenvalue weighted by molar-refractivity contribution is 5.91. The van der Waals surface area contributed by atoms with Crippen LogP contribution in [-0.2, 0) is 14.3 Å². The Bertz CT molecular complexity index is 1170. The number of carbonyl (C=O) groups is 2. The summed E-state index contributed by atoms with van der Waals surface area (Å²) in [6.45, 7) is 2.74. The van der Waals surface area contributed by atoms with Gasteiger partial charge in [0.05, 0.1) is 24.7 Å². The standard InChI is InChI=1S/C35H48F2N2O5/c1-2-3-4-7-10-26-11-16-29(17-12-26)35(36,37)44-32-18-13-27(14-19-32)15-20-33(40)42-21-8-5-6-9-22-43-34(41)28-23-30(38)25-31(39)24-28/h13-15,18-20,23-26,29H,2-12,16-17,21-22,38-39H2,1H3/b20-15+. The van der Waals surface area contributed by atoms with Crippen LogP contribution in [0.1, 0.15) is 106 Å². The van der Waals surface area contributed by atoms with E-state index in [9.17, 15) is 18.4 Å². The second-order valence-corrected chi connectivity index (χ2v) is 11.7. The van der Waals surface area contributed by atoms with Crippen molar-refractivity contribution in [3.63, 3.8) is 0 Å². The van der Waals surface area contributed by atoms with Crippen molar-refractivity contribution in [2.75, 3.05) is 24.7 Å². The molecule has 1 fully saturated rings. The number of carbonyl (C=O) groups excluding carboxylic acids is 2. The van der Waals surface area contributed by atoms with E-state index in [2.05, 4.69) is 6.92 Å². The highest BCUT2D eigenvalue weighted by Crippen LogP contribution is 2.41. The quantitative estimate of drug-likeness (QED) is 0.0748. The summed E-state index contributed by atoms with van der Waals surface area (Å²) < 4.78 is 45.3. The number of unbranched alkanes of at least 4 members (excludes halogenated alkanes) is 6. The molecular weight excluding hydrogens is 566 g/mol. The first-order valence-corrected chi connectivity index (χ1v) is 16.0.